The largest absolute Gasteiger partial charge is 0.351 e. The van der Waals surface area contributed by atoms with Crippen LogP contribution in [0, 0.1) is 0 Å². The predicted molar refractivity (Wildman–Crippen MR) is 129 cm³/mol. The average molecular weight is 462 g/mol. The van der Waals surface area contributed by atoms with Crippen LogP contribution in [0.2, 0.25) is 5.02 Å². The Labute approximate surface area is 199 Å². The van der Waals surface area contributed by atoms with E-state index in [0.29, 0.717) is 22.8 Å². The Bertz CT molecular complexity index is 1150. The van der Waals surface area contributed by atoms with Gasteiger partial charge < -0.3 is 14.8 Å². The van der Waals surface area contributed by atoms with Crippen molar-refractivity contribution in [3.05, 3.63) is 88.7 Å². The zero-order chi connectivity index (χ0) is 22.8. The molecule has 0 bridgehead atoms. The van der Waals surface area contributed by atoms with Gasteiger partial charge >= 0.3 is 0 Å². The highest BCUT2D eigenvalue weighted by atomic mass is 35.5. The Balaban J connectivity index is 1.58. The van der Waals surface area contributed by atoms with Gasteiger partial charge in [0.2, 0.25) is 5.91 Å². The number of rotatable bonds is 4. The maximum Gasteiger partial charge on any atom is 0.257 e. The molecule has 5 nitrogen and oxygen atoms in total. The minimum absolute atomic E-state index is 0.120. The lowest BCUT2D eigenvalue weighted by molar-refractivity contribution is -0.127. The molecule has 170 valence electrons. The number of halogens is 1. The molecule has 1 atom stereocenters. The Morgan fingerprint density at radius 3 is 2.48 bits per heavy atom. The van der Waals surface area contributed by atoms with E-state index < -0.39 is 6.04 Å². The highest BCUT2D eigenvalue weighted by Crippen LogP contribution is 2.35. The zero-order valence-corrected chi connectivity index (χ0v) is 19.3. The quantitative estimate of drug-likeness (QED) is 0.509. The van der Waals surface area contributed by atoms with E-state index in [1.807, 2.05) is 53.2 Å². The summed E-state index contributed by atoms with van der Waals surface area (Å²) in [7, 11) is 0. The summed E-state index contributed by atoms with van der Waals surface area (Å²) in [6.45, 7) is 0.343. The summed E-state index contributed by atoms with van der Waals surface area (Å²) in [5.41, 5.74) is 2.99. The van der Waals surface area contributed by atoms with Gasteiger partial charge in [-0.3, -0.25) is 9.59 Å². The molecule has 1 N–H and O–H groups in total. The monoisotopic (exact) mass is 461 g/mol. The number of hydrogen-bond donors (Lipinski definition) is 1. The summed E-state index contributed by atoms with van der Waals surface area (Å²) in [5.74, 6) is -0.291. The van der Waals surface area contributed by atoms with Crippen LogP contribution >= 0.6 is 11.6 Å². The normalized spacial score (nSPS) is 18.8. The third-order valence-corrected chi connectivity index (χ3v) is 6.96. The van der Waals surface area contributed by atoms with Crippen molar-refractivity contribution in [1.29, 1.82) is 0 Å². The second-order valence-electron chi connectivity index (χ2n) is 8.98. The van der Waals surface area contributed by atoms with E-state index in [1.54, 1.807) is 23.1 Å². The van der Waals surface area contributed by atoms with Gasteiger partial charge in [0.1, 0.15) is 0 Å². The van der Waals surface area contributed by atoms with Gasteiger partial charge in [0, 0.05) is 23.8 Å². The predicted octanol–water partition coefficient (Wildman–Crippen LogP) is 5.67. The Morgan fingerprint density at radius 1 is 0.970 bits per heavy atom. The molecule has 1 aliphatic carbocycles. The molecular formula is C27H28ClN3O2. The number of nitrogens with zero attached hydrogens (tertiary/aromatic N) is 2. The number of nitrogens with one attached hydrogen (secondary N) is 1. The van der Waals surface area contributed by atoms with Gasteiger partial charge in [0.15, 0.2) is 6.04 Å². The fourth-order valence-corrected chi connectivity index (χ4v) is 5.24. The second kappa shape index (κ2) is 9.44. The van der Waals surface area contributed by atoms with E-state index in [4.69, 9.17) is 11.6 Å². The third-order valence-electron chi connectivity index (χ3n) is 6.73. The van der Waals surface area contributed by atoms with Gasteiger partial charge in [-0.2, -0.15) is 0 Å². The van der Waals surface area contributed by atoms with Gasteiger partial charge in [0.05, 0.1) is 16.9 Å². The van der Waals surface area contributed by atoms with Crippen LogP contribution in [0.5, 0.6) is 0 Å². The van der Waals surface area contributed by atoms with Crippen molar-refractivity contribution in [2.45, 2.75) is 57.2 Å². The summed E-state index contributed by atoms with van der Waals surface area (Å²) < 4.78 is 1.93. The average Bonchev–Trinajstić information content (AvgIpc) is 3.11. The van der Waals surface area contributed by atoms with Gasteiger partial charge in [-0.05, 0) is 48.7 Å². The number of carbonyl (C=O) groups is 2. The molecule has 6 heteroatoms. The fourth-order valence-electron chi connectivity index (χ4n) is 5.08. The minimum Gasteiger partial charge on any atom is -0.351 e. The number of fused-ring (bicyclic) bond motifs is 3. The number of hydrogen-bond acceptors (Lipinski definition) is 2. The molecule has 1 unspecified atom stereocenters. The summed E-state index contributed by atoms with van der Waals surface area (Å²) in [6.07, 6.45) is 8.56. The van der Waals surface area contributed by atoms with Crippen molar-refractivity contribution in [3.8, 4) is 5.69 Å². The van der Waals surface area contributed by atoms with Crippen molar-refractivity contribution in [2.75, 3.05) is 0 Å². The maximum atomic E-state index is 13.9. The standard InChI is InChI=1S/C27H28ClN3O2/c28-20-14-15-22-24(17-20)30-16-8-13-23(30)25(26(32)29-21-11-6-1-2-7-12-21)31(27(22)33)18-19-9-4-3-5-10-19/h3-5,8-10,13-17,21,25H,1-2,6-7,11-12,18H2,(H,29,32). The number of amides is 2. The molecule has 2 aliphatic rings. The Hall–Kier alpha value is -3.05. The van der Waals surface area contributed by atoms with Gasteiger partial charge in [0.25, 0.3) is 5.91 Å². The number of carbonyl (C=O) groups excluding carboxylic acids is 2. The summed E-state index contributed by atoms with van der Waals surface area (Å²) >= 11 is 6.30. The van der Waals surface area contributed by atoms with E-state index in [1.165, 1.54) is 12.8 Å². The number of benzene rings is 2. The molecule has 3 aromatic rings. The molecule has 1 aliphatic heterocycles. The SMILES string of the molecule is O=C(NC1CCCCCC1)C1c2cccn2-c2cc(Cl)ccc2C(=O)N1Cc1ccccc1. The van der Waals surface area contributed by atoms with Gasteiger partial charge in [-0.25, -0.2) is 0 Å². The van der Waals surface area contributed by atoms with Crippen LogP contribution in [0.3, 0.4) is 0 Å². The third kappa shape index (κ3) is 4.42. The summed E-state index contributed by atoms with van der Waals surface area (Å²) in [6, 6.07) is 18.4. The van der Waals surface area contributed by atoms with Gasteiger partial charge in [-0.1, -0.05) is 67.6 Å². The van der Waals surface area contributed by atoms with E-state index in [-0.39, 0.29) is 17.9 Å². The molecule has 5 rings (SSSR count). The molecule has 0 radical (unpaired) electrons. The first kappa shape index (κ1) is 21.8. The summed E-state index contributed by atoms with van der Waals surface area (Å²) in [5, 5.41) is 3.84. The molecule has 1 aromatic heterocycles. The highest BCUT2D eigenvalue weighted by molar-refractivity contribution is 6.31. The van der Waals surface area contributed by atoms with Crippen molar-refractivity contribution < 1.29 is 9.59 Å². The van der Waals surface area contributed by atoms with E-state index >= 15 is 0 Å². The molecule has 2 amide bonds. The van der Waals surface area contributed by atoms with E-state index in [2.05, 4.69) is 5.32 Å². The molecule has 2 heterocycles. The van der Waals surface area contributed by atoms with Crippen LogP contribution in [0.15, 0.2) is 66.9 Å². The van der Waals surface area contributed by atoms with Crippen LogP contribution in [0.25, 0.3) is 5.69 Å². The smallest absolute Gasteiger partial charge is 0.257 e. The lowest BCUT2D eigenvalue weighted by atomic mass is 10.1. The first-order valence-electron chi connectivity index (χ1n) is 11.7. The maximum absolute atomic E-state index is 13.9. The van der Waals surface area contributed by atoms with Crippen molar-refractivity contribution >= 4 is 23.4 Å². The first-order valence-corrected chi connectivity index (χ1v) is 12.1. The van der Waals surface area contributed by atoms with Crippen LogP contribution in [0.4, 0.5) is 0 Å². The van der Waals surface area contributed by atoms with Crippen molar-refractivity contribution in [2.24, 2.45) is 0 Å². The van der Waals surface area contributed by atoms with E-state index in [0.717, 1.165) is 36.9 Å². The zero-order valence-electron chi connectivity index (χ0n) is 18.5. The molecular weight excluding hydrogens is 434 g/mol. The fraction of sp³-hybridized carbons (Fsp3) is 0.333. The van der Waals surface area contributed by atoms with Crippen molar-refractivity contribution in [1.82, 2.24) is 14.8 Å². The van der Waals surface area contributed by atoms with Crippen LogP contribution in [-0.4, -0.2) is 27.3 Å². The minimum atomic E-state index is -0.734. The van der Waals surface area contributed by atoms with Crippen LogP contribution < -0.4 is 5.32 Å². The molecule has 2 aromatic carbocycles. The molecule has 0 spiro atoms. The summed E-state index contributed by atoms with van der Waals surface area (Å²) in [4.78, 5) is 29.4. The lowest BCUT2D eigenvalue weighted by Crippen LogP contribution is -2.46. The number of aromatic nitrogens is 1. The molecule has 0 saturated heterocycles. The van der Waals surface area contributed by atoms with Crippen LogP contribution in [0.1, 0.15) is 66.2 Å². The highest BCUT2D eigenvalue weighted by Gasteiger charge is 2.38. The lowest BCUT2D eigenvalue weighted by Gasteiger charge is -2.31. The molecule has 1 fully saturated rings. The van der Waals surface area contributed by atoms with Gasteiger partial charge in [-0.15, -0.1) is 0 Å². The second-order valence-corrected chi connectivity index (χ2v) is 9.42. The van der Waals surface area contributed by atoms with E-state index in [9.17, 15) is 9.59 Å². The Kier molecular flexibility index (Phi) is 6.23. The Morgan fingerprint density at radius 2 is 1.73 bits per heavy atom. The van der Waals surface area contributed by atoms with Crippen LogP contribution in [-0.2, 0) is 11.3 Å². The molecule has 33 heavy (non-hydrogen) atoms. The molecule has 1 saturated carbocycles. The topological polar surface area (TPSA) is 54.3 Å². The van der Waals surface area contributed by atoms with Crippen molar-refractivity contribution in [3.63, 3.8) is 0 Å². The first-order chi connectivity index (χ1) is 16.1.